The van der Waals surface area contributed by atoms with Gasteiger partial charge in [-0.2, -0.15) is 0 Å². The summed E-state index contributed by atoms with van der Waals surface area (Å²) in [5.41, 5.74) is 5.39. The van der Waals surface area contributed by atoms with Crippen LogP contribution in [0.2, 0.25) is 0 Å². The first kappa shape index (κ1) is 12.5. The number of hydrogen-bond acceptors (Lipinski definition) is 6. The fraction of sp³-hybridized carbons (Fsp3) is 0.636. The lowest BCUT2D eigenvalue weighted by Gasteiger charge is -2.35. The van der Waals surface area contributed by atoms with Crippen LogP contribution < -0.4 is 10.6 Å². The third kappa shape index (κ3) is 2.20. The van der Waals surface area contributed by atoms with E-state index in [0.717, 1.165) is 19.5 Å². The van der Waals surface area contributed by atoms with Gasteiger partial charge in [-0.1, -0.05) is 13.8 Å². The summed E-state index contributed by atoms with van der Waals surface area (Å²) in [5.74, 6) is 1.37. The van der Waals surface area contributed by atoms with Crippen LogP contribution in [-0.4, -0.2) is 28.0 Å². The summed E-state index contributed by atoms with van der Waals surface area (Å²) in [6, 6.07) is 0. The van der Waals surface area contributed by atoms with Crippen molar-refractivity contribution in [2.75, 3.05) is 23.7 Å². The molecule has 7 heteroatoms. The van der Waals surface area contributed by atoms with Crippen LogP contribution in [0.4, 0.5) is 17.3 Å². The topological polar surface area (TPSA) is 98.2 Å². The minimum atomic E-state index is -0.507. The molecule has 1 aliphatic rings. The molecule has 1 fully saturated rings. The van der Waals surface area contributed by atoms with E-state index in [9.17, 15) is 10.1 Å². The van der Waals surface area contributed by atoms with Crippen molar-refractivity contribution in [1.82, 2.24) is 9.97 Å². The predicted octanol–water partition coefficient (Wildman–Crippen LogP) is 1.45. The van der Waals surface area contributed by atoms with Gasteiger partial charge in [-0.05, 0) is 18.3 Å². The molecule has 1 aromatic rings. The maximum Gasteiger partial charge on any atom is 0.353 e. The van der Waals surface area contributed by atoms with Crippen LogP contribution in [0.1, 0.15) is 20.3 Å². The normalized spacial score (nSPS) is 24.0. The maximum absolute atomic E-state index is 11.0. The van der Waals surface area contributed by atoms with Gasteiger partial charge in [0.25, 0.3) is 0 Å². The van der Waals surface area contributed by atoms with Gasteiger partial charge in [-0.3, -0.25) is 10.1 Å². The van der Waals surface area contributed by atoms with Crippen molar-refractivity contribution < 1.29 is 4.92 Å². The summed E-state index contributed by atoms with van der Waals surface area (Å²) in [4.78, 5) is 20.2. The summed E-state index contributed by atoms with van der Waals surface area (Å²) in [7, 11) is 0. The molecule has 2 heterocycles. The van der Waals surface area contributed by atoms with Crippen LogP contribution in [0.5, 0.6) is 0 Å². The van der Waals surface area contributed by atoms with Crippen LogP contribution in [-0.2, 0) is 0 Å². The summed E-state index contributed by atoms with van der Waals surface area (Å²) < 4.78 is 0. The molecule has 0 radical (unpaired) electrons. The van der Waals surface area contributed by atoms with Crippen LogP contribution in [0.3, 0.4) is 0 Å². The lowest BCUT2D eigenvalue weighted by Crippen LogP contribution is -2.39. The third-order valence-corrected chi connectivity index (χ3v) is 3.65. The summed E-state index contributed by atoms with van der Waals surface area (Å²) in [6.07, 6.45) is 2.28. The maximum atomic E-state index is 11.0. The zero-order valence-corrected chi connectivity index (χ0v) is 10.5. The molecule has 0 saturated carbocycles. The van der Waals surface area contributed by atoms with Gasteiger partial charge in [-0.15, -0.1) is 0 Å². The highest BCUT2D eigenvalue weighted by atomic mass is 16.6. The zero-order valence-electron chi connectivity index (χ0n) is 10.5. The molecule has 7 nitrogen and oxygen atoms in total. The molecule has 0 amide bonds. The highest BCUT2D eigenvalue weighted by Gasteiger charge is 2.30. The smallest absolute Gasteiger partial charge is 0.353 e. The van der Waals surface area contributed by atoms with E-state index in [2.05, 4.69) is 23.8 Å². The summed E-state index contributed by atoms with van der Waals surface area (Å²) >= 11 is 0. The molecule has 98 valence electrons. The van der Waals surface area contributed by atoms with E-state index in [-0.39, 0.29) is 11.5 Å². The molecule has 2 rings (SSSR count). The monoisotopic (exact) mass is 251 g/mol. The fourth-order valence-electron chi connectivity index (χ4n) is 2.24. The summed E-state index contributed by atoms with van der Waals surface area (Å²) in [5, 5.41) is 11.0. The number of nitrogen functional groups attached to an aromatic ring is 1. The van der Waals surface area contributed by atoms with Crippen LogP contribution >= 0.6 is 0 Å². The van der Waals surface area contributed by atoms with Crippen LogP contribution in [0.15, 0.2) is 6.33 Å². The van der Waals surface area contributed by atoms with Crippen molar-refractivity contribution >= 4 is 17.3 Å². The highest BCUT2D eigenvalue weighted by Crippen LogP contribution is 2.33. The van der Waals surface area contributed by atoms with E-state index >= 15 is 0 Å². The Labute approximate surface area is 105 Å². The third-order valence-electron chi connectivity index (χ3n) is 3.65. The minimum Gasteiger partial charge on any atom is -0.378 e. The Bertz CT molecular complexity index is 465. The Balaban J connectivity index is 2.34. The average molecular weight is 251 g/mol. The molecule has 0 aliphatic carbocycles. The van der Waals surface area contributed by atoms with Crippen LogP contribution in [0, 0.1) is 22.0 Å². The molecule has 18 heavy (non-hydrogen) atoms. The van der Waals surface area contributed by atoms with Gasteiger partial charge < -0.3 is 10.6 Å². The van der Waals surface area contributed by atoms with Gasteiger partial charge in [0.15, 0.2) is 0 Å². The van der Waals surface area contributed by atoms with Gasteiger partial charge >= 0.3 is 5.69 Å². The Morgan fingerprint density at radius 2 is 2.17 bits per heavy atom. The number of nitro groups is 1. The van der Waals surface area contributed by atoms with E-state index in [1.807, 2.05) is 4.90 Å². The number of rotatable bonds is 2. The predicted molar refractivity (Wildman–Crippen MR) is 68.3 cm³/mol. The number of piperidine rings is 1. The van der Waals surface area contributed by atoms with E-state index < -0.39 is 4.92 Å². The Morgan fingerprint density at radius 3 is 2.78 bits per heavy atom. The number of nitrogens with two attached hydrogens (primary N) is 1. The van der Waals surface area contributed by atoms with E-state index in [1.54, 1.807) is 0 Å². The van der Waals surface area contributed by atoms with Gasteiger partial charge in [0, 0.05) is 13.1 Å². The molecule has 1 aliphatic heterocycles. The lowest BCUT2D eigenvalue weighted by atomic mass is 9.89. The van der Waals surface area contributed by atoms with Crippen molar-refractivity contribution in [2.24, 2.45) is 11.8 Å². The second kappa shape index (κ2) is 4.75. The molecular weight excluding hydrogens is 234 g/mol. The molecule has 2 atom stereocenters. The molecule has 2 N–H and O–H groups in total. The van der Waals surface area contributed by atoms with Crippen molar-refractivity contribution in [2.45, 2.75) is 20.3 Å². The largest absolute Gasteiger partial charge is 0.378 e. The second-order valence-electron chi connectivity index (χ2n) is 4.88. The molecule has 0 bridgehead atoms. The molecule has 2 unspecified atom stereocenters. The van der Waals surface area contributed by atoms with E-state index in [1.165, 1.54) is 6.33 Å². The van der Waals surface area contributed by atoms with Crippen molar-refractivity contribution in [1.29, 1.82) is 0 Å². The molecule has 1 saturated heterocycles. The van der Waals surface area contributed by atoms with Crippen LogP contribution in [0.25, 0.3) is 0 Å². The lowest BCUT2D eigenvalue weighted by molar-refractivity contribution is -0.383. The highest BCUT2D eigenvalue weighted by molar-refractivity contribution is 5.68. The summed E-state index contributed by atoms with van der Waals surface area (Å²) in [6.45, 7) is 5.87. The Kier molecular flexibility index (Phi) is 3.31. The molecule has 0 spiro atoms. The molecule has 0 aromatic carbocycles. The number of hydrogen-bond donors (Lipinski definition) is 1. The number of nitrogens with zero attached hydrogens (tertiary/aromatic N) is 4. The Hall–Kier alpha value is -1.92. The zero-order chi connectivity index (χ0) is 13.3. The van der Waals surface area contributed by atoms with Gasteiger partial charge in [-0.25, -0.2) is 9.97 Å². The molecule has 1 aromatic heterocycles. The number of anilines is 2. The van der Waals surface area contributed by atoms with E-state index in [4.69, 9.17) is 5.73 Å². The van der Waals surface area contributed by atoms with E-state index in [0.29, 0.717) is 17.7 Å². The number of aromatic nitrogens is 2. The SMILES string of the molecule is CC1CCN(c2ncnc(N)c2[N+](=O)[O-])CC1C. The van der Waals surface area contributed by atoms with Gasteiger partial charge in [0.1, 0.15) is 6.33 Å². The van der Waals surface area contributed by atoms with Crippen molar-refractivity contribution in [3.63, 3.8) is 0 Å². The quantitative estimate of drug-likeness (QED) is 0.631. The standard InChI is InChI=1S/C11H17N5O2/c1-7-3-4-15(5-8(7)2)11-9(16(17)18)10(12)13-6-14-11/h6-8H,3-5H2,1-2H3,(H2,12,13,14). The van der Waals surface area contributed by atoms with Crippen molar-refractivity contribution in [3.8, 4) is 0 Å². The van der Waals surface area contributed by atoms with Gasteiger partial charge in [0.05, 0.1) is 4.92 Å². The second-order valence-corrected chi connectivity index (χ2v) is 4.88. The fourth-order valence-corrected chi connectivity index (χ4v) is 2.24. The first-order valence-electron chi connectivity index (χ1n) is 6.00. The van der Waals surface area contributed by atoms with Gasteiger partial charge in [0.2, 0.25) is 11.6 Å². The first-order chi connectivity index (χ1) is 8.50. The average Bonchev–Trinajstić information content (AvgIpc) is 2.32. The minimum absolute atomic E-state index is 0.0729. The first-order valence-corrected chi connectivity index (χ1v) is 6.00. The molecular formula is C11H17N5O2. The Morgan fingerprint density at radius 1 is 1.44 bits per heavy atom. The van der Waals surface area contributed by atoms with Crippen molar-refractivity contribution in [3.05, 3.63) is 16.4 Å².